The quantitative estimate of drug-likeness (QED) is 0.658. The molecule has 0 aromatic carbocycles. The van der Waals surface area contributed by atoms with Gasteiger partial charge in [0.25, 0.3) is 0 Å². The molecule has 0 bridgehead atoms. The Morgan fingerprint density at radius 2 is 2.21 bits per heavy atom. The highest BCUT2D eigenvalue weighted by Gasteiger charge is 2.06. The first kappa shape index (κ1) is 14.0. The first-order valence-corrected chi connectivity index (χ1v) is 6.96. The second kappa shape index (κ2) is 6.14. The molecule has 19 heavy (non-hydrogen) atoms. The summed E-state index contributed by atoms with van der Waals surface area (Å²) in [6.07, 6.45) is 1.68. The summed E-state index contributed by atoms with van der Waals surface area (Å²) < 4.78 is 0.811. The molecule has 2 aromatic heterocycles. The molecule has 0 aliphatic rings. The van der Waals surface area contributed by atoms with Gasteiger partial charge in [0.05, 0.1) is 4.34 Å². The minimum atomic E-state index is -0.00505. The first-order chi connectivity index (χ1) is 9.04. The third-order valence-corrected chi connectivity index (χ3v) is 3.82. The van der Waals surface area contributed by atoms with Gasteiger partial charge in [0.1, 0.15) is 11.5 Å². The maximum Gasteiger partial charge on any atom is 0.141 e. The number of amidine groups is 1. The van der Waals surface area contributed by atoms with Crippen LogP contribution in [-0.2, 0) is 13.1 Å². The number of nitrogens with one attached hydrogen (secondary N) is 1. The van der Waals surface area contributed by atoms with E-state index in [1.165, 1.54) is 4.88 Å². The Kier molecular flexibility index (Phi) is 4.52. The van der Waals surface area contributed by atoms with Crippen LogP contribution in [0.1, 0.15) is 16.1 Å². The van der Waals surface area contributed by atoms with E-state index in [1.807, 2.05) is 31.3 Å². The second-order valence-corrected chi connectivity index (χ2v) is 6.14. The standard InChI is InChI=1S/C13H15ClN4S/c1-18(8-10-2-3-12(14)19-10)7-9-4-5-17-11(6-9)13(15)16/h2-6H,7-8H2,1H3,(H3,15,16). The molecular formula is C13H15ClN4S. The summed E-state index contributed by atoms with van der Waals surface area (Å²) in [5.41, 5.74) is 7.04. The van der Waals surface area contributed by atoms with E-state index in [1.54, 1.807) is 17.5 Å². The van der Waals surface area contributed by atoms with Crippen LogP contribution in [0, 0.1) is 5.41 Å². The van der Waals surface area contributed by atoms with Crippen LogP contribution in [0.15, 0.2) is 30.5 Å². The van der Waals surface area contributed by atoms with Crippen molar-refractivity contribution < 1.29 is 0 Å². The number of rotatable bonds is 5. The molecule has 0 fully saturated rings. The first-order valence-electron chi connectivity index (χ1n) is 5.76. The fourth-order valence-electron chi connectivity index (χ4n) is 1.79. The smallest absolute Gasteiger partial charge is 0.141 e. The lowest BCUT2D eigenvalue weighted by atomic mass is 10.2. The lowest BCUT2D eigenvalue weighted by Gasteiger charge is -2.15. The molecule has 0 aliphatic carbocycles. The fourth-order valence-corrected chi connectivity index (χ4v) is 2.96. The van der Waals surface area contributed by atoms with E-state index in [9.17, 15) is 0 Å². The van der Waals surface area contributed by atoms with E-state index >= 15 is 0 Å². The van der Waals surface area contributed by atoms with Crippen molar-refractivity contribution in [2.24, 2.45) is 5.73 Å². The molecule has 0 saturated heterocycles. The predicted molar refractivity (Wildman–Crippen MR) is 79.8 cm³/mol. The van der Waals surface area contributed by atoms with Gasteiger partial charge in [-0.25, -0.2) is 0 Å². The van der Waals surface area contributed by atoms with Crippen LogP contribution in [0.4, 0.5) is 0 Å². The lowest BCUT2D eigenvalue weighted by Crippen LogP contribution is -2.18. The molecule has 0 atom stereocenters. The second-order valence-electron chi connectivity index (χ2n) is 4.34. The Balaban J connectivity index is 2.00. The molecule has 100 valence electrons. The topological polar surface area (TPSA) is 66.0 Å². The fraction of sp³-hybridized carbons (Fsp3) is 0.231. The highest BCUT2D eigenvalue weighted by Crippen LogP contribution is 2.22. The van der Waals surface area contributed by atoms with E-state index in [-0.39, 0.29) is 5.84 Å². The zero-order chi connectivity index (χ0) is 13.8. The summed E-state index contributed by atoms with van der Waals surface area (Å²) in [5.74, 6) is -0.00505. The normalized spacial score (nSPS) is 10.9. The van der Waals surface area contributed by atoms with Gasteiger partial charge >= 0.3 is 0 Å². The van der Waals surface area contributed by atoms with E-state index in [0.717, 1.165) is 23.0 Å². The number of hydrogen-bond donors (Lipinski definition) is 2. The van der Waals surface area contributed by atoms with Crippen molar-refractivity contribution in [1.82, 2.24) is 9.88 Å². The zero-order valence-corrected chi connectivity index (χ0v) is 12.1. The highest BCUT2D eigenvalue weighted by molar-refractivity contribution is 7.16. The average Bonchev–Trinajstić information content (AvgIpc) is 2.74. The molecule has 0 unspecified atom stereocenters. The molecule has 0 radical (unpaired) electrons. The van der Waals surface area contributed by atoms with Crippen molar-refractivity contribution in [3.05, 3.63) is 50.9 Å². The van der Waals surface area contributed by atoms with Crippen molar-refractivity contribution in [2.75, 3.05) is 7.05 Å². The summed E-state index contributed by atoms with van der Waals surface area (Å²) in [6, 6.07) is 7.73. The molecule has 3 N–H and O–H groups in total. The Bertz CT molecular complexity index is 582. The summed E-state index contributed by atoms with van der Waals surface area (Å²) in [4.78, 5) is 7.46. The van der Waals surface area contributed by atoms with Crippen molar-refractivity contribution >= 4 is 28.8 Å². The number of halogens is 1. The predicted octanol–water partition coefficient (Wildman–Crippen LogP) is 2.71. The average molecular weight is 295 g/mol. The van der Waals surface area contributed by atoms with E-state index in [2.05, 4.69) is 9.88 Å². The van der Waals surface area contributed by atoms with Crippen LogP contribution in [0.5, 0.6) is 0 Å². The monoisotopic (exact) mass is 294 g/mol. The third-order valence-electron chi connectivity index (χ3n) is 2.61. The molecular weight excluding hydrogens is 280 g/mol. The zero-order valence-electron chi connectivity index (χ0n) is 10.6. The van der Waals surface area contributed by atoms with Crippen LogP contribution in [0.25, 0.3) is 0 Å². The lowest BCUT2D eigenvalue weighted by molar-refractivity contribution is 0.322. The molecule has 0 aliphatic heterocycles. The summed E-state index contributed by atoms with van der Waals surface area (Å²) in [6.45, 7) is 1.62. The van der Waals surface area contributed by atoms with Crippen LogP contribution < -0.4 is 5.73 Å². The number of pyridine rings is 1. The number of aromatic nitrogens is 1. The minimum Gasteiger partial charge on any atom is -0.382 e. The van der Waals surface area contributed by atoms with Gasteiger partial charge in [-0.05, 0) is 36.9 Å². The van der Waals surface area contributed by atoms with Gasteiger partial charge in [-0.3, -0.25) is 15.3 Å². The van der Waals surface area contributed by atoms with Crippen LogP contribution in [0.2, 0.25) is 4.34 Å². The molecule has 4 nitrogen and oxygen atoms in total. The van der Waals surface area contributed by atoms with Gasteiger partial charge in [-0.2, -0.15) is 0 Å². The molecule has 2 heterocycles. The summed E-state index contributed by atoms with van der Waals surface area (Å²) in [5, 5.41) is 7.39. The maximum atomic E-state index is 7.39. The number of nitrogen functional groups attached to an aromatic ring is 1. The van der Waals surface area contributed by atoms with Gasteiger partial charge in [0, 0.05) is 24.2 Å². The number of thiophene rings is 1. The van der Waals surface area contributed by atoms with Gasteiger partial charge in [0.15, 0.2) is 0 Å². The van der Waals surface area contributed by atoms with Crippen molar-refractivity contribution in [3.8, 4) is 0 Å². The van der Waals surface area contributed by atoms with E-state index in [0.29, 0.717) is 5.69 Å². The Morgan fingerprint density at radius 3 is 2.84 bits per heavy atom. The third kappa shape index (κ3) is 4.02. The summed E-state index contributed by atoms with van der Waals surface area (Å²) in [7, 11) is 2.04. The van der Waals surface area contributed by atoms with Crippen LogP contribution in [-0.4, -0.2) is 22.8 Å². The van der Waals surface area contributed by atoms with Gasteiger partial charge in [-0.15, -0.1) is 11.3 Å². The molecule has 2 rings (SSSR count). The highest BCUT2D eigenvalue weighted by atomic mass is 35.5. The minimum absolute atomic E-state index is 0.00505. The van der Waals surface area contributed by atoms with Crippen LogP contribution in [0.3, 0.4) is 0 Å². The van der Waals surface area contributed by atoms with Crippen molar-refractivity contribution in [3.63, 3.8) is 0 Å². The molecule has 0 spiro atoms. The van der Waals surface area contributed by atoms with E-state index in [4.69, 9.17) is 22.7 Å². The maximum absolute atomic E-state index is 7.39. The van der Waals surface area contributed by atoms with Gasteiger partial charge in [-0.1, -0.05) is 11.6 Å². The summed E-state index contributed by atoms with van der Waals surface area (Å²) >= 11 is 7.51. The SMILES string of the molecule is CN(Cc1ccnc(C(=N)N)c1)Cc1ccc(Cl)s1. The molecule has 2 aromatic rings. The van der Waals surface area contributed by atoms with E-state index < -0.39 is 0 Å². The Hall–Kier alpha value is -1.43. The molecule has 6 heteroatoms. The van der Waals surface area contributed by atoms with Gasteiger partial charge in [0.2, 0.25) is 0 Å². The number of nitrogens with zero attached hydrogens (tertiary/aromatic N) is 2. The van der Waals surface area contributed by atoms with Crippen molar-refractivity contribution in [2.45, 2.75) is 13.1 Å². The molecule has 0 saturated carbocycles. The number of hydrogen-bond acceptors (Lipinski definition) is 4. The van der Waals surface area contributed by atoms with Gasteiger partial charge < -0.3 is 5.73 Å². The van der Waals surface area contributed by atoms with Crippen LogP contribution >= 0.6 is 22.9 Å². The van der Waals surface area contributed by atoms with Crippen molar-refractivity contribution in [1.29, 1.82) is 5.41 Å². The largest absolute Gasteiger partial charge is 0.382 e. The Labute approximate surface area is 121 Å². The molecule has 0 amide bonds. The Morgan fingerprint density at radius 1 is 1.42 bits per heavy atom. The number of nitrogens with two attached hydrogens (primary N) is 1.